The number of nitrogens with one attached hydrogen (secondary N) is 1. The van der Waals surface area contributed by atoms with E-state index in [-0.39, 0.29) is 29.5 Å². The van der Waals surface area contributed by atoms with Crippen molar-refractivity contribution in [1.29, 1.82) is 0 Å². The molecule has 6 heteroatoms. The smallest absolute Gasteiger partial charge is 0.311 e. The summed E-state index contributed by atoms with van der Waals surface area (Å²) >= 11 is 0. The zero-order chi connectivity index (χ0) is 16.5. The zero-order valence-electron chi connectivity index (χ0n) is 14.0. The van der Waals surface area contributed by atoms with Gasteiger partial charge in [0.1, 0.15) is 0 Å². The van der Waals surface area contributed by atoms with Crippen LogP contribution < -0.4 is 5.32 Å². The van der Waals surface area contributed by atoms with E-state index in [1.807, 2.05) is 0 Å². The van der Waals surface area contributed by atoms with Crippen LogP contribution in [0.5, 0.6) is 0 Å². The fourth-order valence-electron chi connectivity index (χ4n) is 2.77. The average Bonchev–Trinajstić information content (AvgIpc) is 2.24. The van der Waals surface area contributed by atoms with Gasteiger partial charge in [0.05, 0.1) is 6.61 Å². The second-order valence-electron chi connectivity index (χ2n) is 8.00. The molecule has 1 saturated heterocycles. The molecule has 0 aromatic rings. The van der Waals surface area contributed by atoms with E-state index >= 15 is 0 Å². The quantitative estimate of drug-likeness (QED) is 0.866. The monoisotopic (exact) mass is 310 g/mol. The third-order valence-corrected chi connectivity index (χ3v) is 4.10. The van der Waals surface area contributed by atoms with Crippen molar-refractivity contribution >= 4 is 0 Å². The van der Waals surface area contributed by atoms with Gasteiger partial charge in [-0.2, -0.15) is 0 Å². The minimum atomic E-state index is -4.55. The molecule has 1 fully saturated rings. The van der Waals surface area contributed by atoms with Crippen LogP contribution in [0.4, 0.5) is 13.2 Å². The SMILES string of the molecule is CC(C)(C)C1CN(CCOC(F)(F)F)C(C(C)(C)C)CN1. The van der Waals surface area contributed by atoms with Crippen molar-refractivity contribution in [2.45, 2.75) is 60.0 Å². The van der Waals surface area contributed by atoms with Crippen molar-refractivity contribution < 1.29 is 17.9 Å². The Labute approximate surface area is 126 Å². The summed E-state index contributed by atoms with van der Waals surface area (Å²) in [5.41, 5.74) is 0.0834. The predicted octanol–water partition coefficient (Wildman–Crippen LogP) is 3.26. The lowest BCUT2D eigenvalue weighted by Gasteiger charge is -2.49. The van der Waals surface area contributed by atoms with Gasteiger partial charge in [0.2, 0.25) is 0 Å². The molecule has 0 aromatic carbocycles. The Hall–Kier alpha value is -0.330. The Kier molecular flexibility index (Phi) is 5.73. The van der Waals surface area contributed by atoms with Crippen LogP contribution in [0.2, 0.25) is 0 Å². The molecule has 2 atom stereocenters. The summed E-state index contributed by atoms with van der Waals surface area (Å²) in [6, 6.07) is 0.468. The summed E-state index contributed by atoms with van der Waals surface area (Å²) in [6.45, 7) is 14.3. The molecule has 0 amide bonds. The van der Waals surface area contributed by atoms with E-state index in [9.17, 15) is 13.2 Å². The highest BCUT2D eigenvalue weighted by atomic mass is 19.4. The molecule has 1 N–H and O–H groups in total. The van der Waals surface area contributed by atoms with Gasteiger partial charge in [-0.25, -0.2) is 0 Å². The molecule has 1 aliphatic rings. The van der Waals surface area contributed by atoms with Gasteiger partial charge in [-0.3, -0.25) is 9.64 Å². The molecule has 0 saturated carbocycles. The fourth-order valence-corrected chi connectivity index (χ4v) is 2.77. The molecule has 1 aliphatic heterocycles. The van der Waals surface area contributed by atoms with E-state index in [1.165, 1.54) is 0 Å². The lowest BCUT2D eigenvalue weighted by Crippen LogP contribution is -2.63. The average molecular weight is 310 g/mol. The molecule has 126 valence electrons. The maximum Gasteiger partial charge on any atom is 0.522 e. The Morgan fingerprint density at radius 3 is 2.05 bits per heavy atom. The second-order valence-corrected chi connectivity index (χ2v) is 8.00. The molecule has 1 heterocycles. The summed E-state index contributed by atoms with van der Waals surface area (Å²) in [7, 11) is 0. The minimum absolute atomic E-state index is 0.00802. The summed E-state index contributed by atoms with van der Waals surface area (Å²) in [5.74, 6) is 0. The summed E-state index contributed by atoms with van der Waals surface area (Å²) in [6.07, 6.45) is -4.55. The predicted molar refractivity (Wildman–Crippen MR) is 78.1 cm³/mol. The molecule has 3 nitrogen and oxygen atoms in total. The number of ether oxygens (including phenoxy) is 1. The number of piperazine rings is 1. The highest BCUT2D eigenvalue weighted by molar-refractivity contribution is 4.95. The van der Waals surface area contributed by atoms with E-state index in [1.54, 1.807) is 0 Å². The zero-order valence-corrected chi connectivity index (χ0v) is 14.0. The number of hydrogen-bond acceptors (Lipinski definition) is 3. The van der Waals surface area contributed by atoms with Gasteiger partial charge >= 0.3 is 6.36 Å². The largest absolute Gasteiger partial charge is 0.522 e. The lowest BCUT2D eigenvalue weighted by molar-refractivity contribution is -0.325. The van der Waals surface area contributed by atoms with Crippen molar-refractivity contribution in [3.63, 3.8) is 0 Å². The van der Waals surface area contributed by atoms with Crippen LogP contribution in [0.1, 0.15) is 41.5 Å². The molecule has 0 radical (unpaired) electrons. The Morgan fingerprint density at radius 1 is 1.05 bits per heavy atom. The summed E-state index contributed by atoms with van der Waals surface area (Å²) in [5, 5.41) is 3.55. The van der Waals surface area contributed by atoms with E-state index in [2.05, 4.69) is 56.5 Å². The molecule has 0 aliphatic carbocycles. The van der Waals surface area contributed by atoms with E-state index in [0.717, 1.165) is 13.1 Å². The van der Waals surface area contributed by atoms with Gasteiger partial charge in [0.15, 0.2) is 0 Å². The molecule has 2 unspecified atom stereocenters. The van der Waals surface area contributed by atoms with Crippen molar-refractivity contribution in [3.05, 3.63) is 0 Å². The molecule has 21 heavy (non-hydrogen) atoms. The van der Waals surface area contributed by atoms with Crippen LogP contribution in [0.3, 0.4) is 0 Å². The number of rotatable bonds is 3. The number of hydrogen-bond donors (Lipinski definition) is 1. The lowest BCUT2D eigenvalue weighted by atomic mass is 9.79. The van der Waals surface area contributed by atoms with Crippen LogP contribution in [0.15, 0.2) is 0 Å². The van der Waals surface area contributed by atoms with E-state index in [4.69, 9.17) is 0 Å². The van der Waals surface area contributed by atoms with Crippen LogP contribution in [0, 0.1) is 10.8 Å². The minimum Gasteiger partial charge on any atom is -0.311 e. The van der Waals surface area contributed by atoms with E-state index < -0.39 is 6.36 Å². The van der Waals surface area contributed by atoms with Crippen molar-refractivity contribution in [2.75, 3.05) is 26.2 Å². The molecule has 1 rings (SSSR count). The fraction of sp³-hybridized carbons (Fsp3) is 1.00. The van der Waals surface area contributed by atoms with Gasteiger partial charge in [-0.1, -0.05) is 41.5 Å². The van der Waals surface area contributed by atoms with Gasteiger partial charge in [-0.15, -0.1) is 13.2 Å². The summed E-state index contributed by atoms with van der Waals surface area (Å²) < 4.78 is 40.4. The van der Waals surface area contributed by atoms with Gasteiger partial charge in [0.25, 0.3) is 0 Å². The first-order valence-electron chi connectivity index (χ1n) is 7.49. The molecule has 0 spiro atoms. The highest BCUT2D eigenvalue weighted by Crippen LogP contribution is 2.30. The molecule has 0 aromatic heterocycles. The summed E-state index contributed by atoms with van der Waals surface area (Å²) in [4.78, 5) is 2.14. The third-order valence-electron chi connectivity index (χ3n) is 4.10. The first kappa shape index (κ1) is 18.7. The van der Waals surface area contributed by atoms with Crippen molar-refractivity contribution in [1.82, 2.24) is 10.2 Å². The topological polar surface area (TPSA) is 24.5 Å². The van der Waals surface area contributed by atoms with E-state index in [0.29, 0.717) is 6.54 Å². The van der Waals surface area contributed by atoms with Crippen LogP contribution in [0.25, 0.3) is 0 Å². The first-order valence-corrected chi connectivity index (χ1v) is 7.49. The van der Waals surface area contributed by atoms with Crippen molar-refractivity contribution in [3.8, 4) is 0 Å². The molecular weight excluding hydrogens is 281 g/mol. The highest BCUT2D eigenvalue weighted by Gasteiger charge is 2.39. The Bertz CT molecular complexity index is 331. The standard InChI is InChI=1S/C15H29F3N2O/c1-13(2,3)11-10-20(7-8-21-15(16,17)18)12(9-19-11)14(4,5)6/h11-12,19H,7-10H2,1-6H3. The van der Waals surface area contributed by atoms with Gasteiger partial charge in [0, 0.05) is 31.7 Å². The van der Waals surface area contributed by atoms with Crippen LogP contribution >= 0.6 is 0 Å². The van der Waals surface area contributed by atoms with Gasteiger partial charge < -0.3 is 5.32 Å². The second kappa shape index (κ2) is 6.42. The normalized spacial score (nSPS) is 26.1. The maximum absolute atomic E-state index is 12.2. The van der Waals surface area contributed by atoms with Crippen LogP contribution in [-0.2, 0) is 4.74 Å². The number of alkyl halides is 3. The number of nitrogens with zero attached hydrogens (tertiary/aromatic N) is 1. The van der Waals surface area contributed by atoms with Crippen molar-refractivity contribution in [2.24, 2.45) is 10.8 Å². The van der Waals surface area contributed by atoms with Gasteiger partial charge in [-0.05, 0) is 10.8 Å². The Balaban J connectivity index is 2.70. The Morgan fingerprint density at radius 2 is 1.62 bits per heavy atom. The maximum atomic E-state index is 12.2. The van der Waals surface area contributed by atoms with Crippen LogP contribution in [-0.4, -0.2) is 49.6 Å². The third kappa shape index (κ3) is 6.12. The molecule has 0 bridgehead atoms. The first-order chi connectivity index (χ1) is 9.31. The number of halogens is 3. The molecular formula is C15H29F3N2O.